The van der Waals surface area contributed by atoms with Crippen LogP contribution in [0.4, 0.5) is 13.2 Å². The molecule has 0 radical (unpaired) electrons. The van der Waals surface area contributed by atoms with Gasteiger partial charge < -0.3 is 10.0 Å². The molecule has 2 aromatic carbocycles. The summed E-state index contributed by atoms with van der Waals surface area (Å²) in [5.74, 6) is -4.47. The molecule has 3 rings (SSSR count). The lowest BCUT2D eigenvalue weighted by Crippen LogP contribution is -2.41. The molecule has 166 valence electrons. The summed E-state index contributed by atoms with van der Waals surface area (Å²) in [6, 6.07) is 7.49. The molecule has 5 nitrogen and oxygen atoms in total. The van der Waals surface area contributed by atoms with Crippen LogP contribution < -0.4 is 0 Å². The van der Waals surface area contributed by atoms with Gasteiger partial charge in [-0.2, -0.15) is 0 Å². The first-order chi connectivity index (χ1) is 15.1. The average molecular weight is 443 g/mol. The van der Waals surface area contributed by atoms with E-state index in [1.54, 1.807) is 13.0 Å². The maximum absolute atomic E-state index is 13.6. The van der Waals surface area contributed by atoms with Crippen molar-refractivity contribution in [1.82, 2.24) is 4.90 Å². The minimum atomic E-state index is -1.12. The molecule has 0 atom stereocenters. The number of nitrogens with zero attached hydrogens (tertiary/aromatic N) is 1. The van der Waals surface area contributed by atoms with Crippen molar-refractivity contribution in [3.63, 3.8) is 0 Å². The van der Waals surface area contributed by atoms with Crippen LogP contribution in [-0.2, 0) is 14.4 Å². The summed E-state index contributed by atoms with van der Waals surface area (Å²) in [6.45, 7) is 1.43. The molecular weight excluding hydrogens is 423 g/mol. The Hall–Kier alpha value is -3.68. The number of hydrogen-bond donors (Lipinski definition) is 1. The molecule has 1 saturated heterocycles. The van der Waals surface area contributed by atoms with Crippen molar-refractivity contribution in [2.75, 3.05) is 13.1 Å². The van der Waals surface area contributed by atoms with Gasteiger partial charge in [-0.05, 0) is 60.0 Å². The Labute approximate surface area is 182 Å². The van der Waals surface area contributed by atoms with Gasteiger partial charge in [-0.25, -0.2) is 13.2 Å². The second kappa shape index (κ2) is 9.64. The van der Waals surface area contributed by atoms with Crippen molar-refractivity contribution in [2.24, 2.45) is 0 Å². The van der Waals surface area contributed by atoms with E-state index < -0.39 is 29.3 Å². The Morgan fingerprint density at radius 3 is 2.00 bits per heavy atom. The lowest BCUT2D eigenvalue weighted by Gasteiger charge is -2.30. The predicted octanol–water partition coefficient (Wildman–Crippen LogP) is 4.16. The number of likely N-dealkylation sites (tertiary alicyclic amines) is 1. The first kappa shape index (κ1) is 23.0. The van der Waals surface area contributed by atoms with Gasteiger partial charge in [0.05, 0.1) is 6.42 Å². The van der Waals surface area contributed by atoms with Crippen molar-refractivity contribution in [1.29, 1.82) is 0 Å². The number of amides is 1. The van der Waals surface area contributed by atoms with Gasteiger partial charge in [0.1, 0.15) is 5.82 Å². The van der Waals surface area contributed by atoms with Gasteiger partial charge in [0.25, 0.3) is 0 Å². The third-order valence-electron chi connectivity index (χ3n) is 5.02. The van der Waals surface area contributed by atoms with Crippen LogP contribution in [0.1, 0.15) is 29.5 Å². The lowest BCUT2D eigenvalue weighted by atomic mass is 9.93. The van der Waals surface area contributed by atoms with E-state index in [2.05, 4.69) is 0 Å². The van der Waals surface area contributed by atoms with Gasteiger partial charge in [-0.3, -0.25) is 14.4 Å². The molecule has 0 saturated carbocycles. The number of carbonyl (C=O) groups excluding carboxylic acids is 2. The molecule has 1 fully saturated rings. The zero-order valence-electron chi connectivity index (χ0n) is 17.2. The number of benzene rings is 2. The number of carbonyl (C=O) groups is 3. The van der Waals surface area contributed by atoms with Crippen LogP contribution in [0.5, 0.6) is 0 Å². The molecule has 0 aromatic heterocycles. The van der Waals surface area contributed by atoms with E-state index in [4.69, 9.17) is 5.11 Å². The first-order valence-electron chi connectivity index (χ1n) is 9.80. The van der Waals surface area contributed by atoms with Crippen molar-refractivity contribution in [3.05, 3.63) is 81.7 Å². The molecule has 1 heterocycles. The van der Waals surface area contributed by atoms with Gasteiger partial charge in [0.15, 0.2) is 17.4 Å². The summed E-state index contributed by atoms with van der Waals surface area (Å²) in [5.41, 5.74) is 1.58. The Morgan fingerprint density at radius 1 is 0.906 bits per heavy atom. The highest BCUT2D eigenvalue weighted by Gasteiger charge is 2.29. The Kier molecular flexibility index (Phi) is 6.92. The number of rotatable bonds is 5. The van der Waals surface area contributed by atoms with Gasteiger partial charge in [-0.1, -0.05) is 12.1 Å². The van der Waals surface area contributed by atoms with E-state index in [1.807, 2.05) is 0 Å². The molecule has 8 heteroatoms. The fourth-order valence-electron chi connectivity index (χ4n) is 3.35. The van der Waals surface area contributed by atoms with E-state index in [0.29, 0.717) is 11.1 Å². The molecule has 1 N–H and O–H groups in total. The number of Topliss-reactive ketones (excluding diaryl/α,β-unsaturated/α-hetero) is 1. The Bertz CT molecular complexity index is 1080. The number of ketones is 1. The second-order valence-electron chi connectivity index (χ2n) is 7.49. The number of piperidine rings is 1. The van der Waals surface area contributed by atoms with Crippen LogP contribution in [0.25, 0.3) is 12.2 Å². The van der Waals surface area contributed by atoms with Crippen LogP contribution in [0.15, 0.2) is 47.5 Å². The molecule has 1 aliphatic heterocycles. The van der Waals surface area contributed by atoms with Crippen LogP contribution >= 0.6 is 0 Å². The van der Waals surface area contributed by atoms with E-state index in [0.717, 1.165) is 12.1 Å². The predicted molar refractivity (Wildman–Crippen MR) is 112 cm³/mol. The lowest BCUT2D eigenvalue weighted by molar-refractivity contribution is -0.141. The zero-order chi connectivity index (χ0) is 23.4. The molecule has 0 aliphatic carbocycles. The number of carboxylic acids is 1. The highest BCUT2D eigenvalue weighted by atomic mass is 19.2. The SMILES string of the molecule is Cc1cc(/C=C2\CN(C(=O)CCC(=O)O)C/C(=C\c3ccc(F)c(F)c3)C2=O)ccc1F. The number of hydrogen-bond acceptors (Lipinski definition) is 3. The quantitative estimate of drug-likeness (QED) is 0.705. The maximum atomic E-state index is 13.6. The normalized spacial score (nSPS) is 16.6. The van der Waals surface area contributed by atoms with Crippen LogP contribution in [0, 0.1) is 24.4 Å². The third kappa shape index (κ3) is 5.51. The molecular formula is C24H20F3NO4. The molecule has 2 aromatic rings. The van der Waals surface area contributed by atoms with Crippen molar-refractivity contribution in [3.8, 4) is 0 Å². The zero-order valence-corrected chi connectivity index (χ0v) is 17.2. The van der Waals surface area contributed by atoms with E-state index in [-0.39, 0.29) is 48.4 Å². The number of aryl methyl sites for hydroxylation is 1. The summed E-state index contributed by atoms with van der Waals surface area (Å²) in [7, 11) is 0. The molecule has 0 bridgehead atoms. The number of aliphatic carboxylic acids is 1. The second-order valence-corrected chi connectivity index (χ2v) is 7.49. The average Bonchev–Trinajstić information content (AvgIpc) is 2.74. The van der Waals surface area contributed by atoms with Gasteiger partial charge in [0.2, 0.25) is 5.91 Å². The summed E-state index contributed by atoms with van der Waals surface area (Å²) < 4.78 is 40.4. The molecule has 0 spiro atoms. The number of carboxylic acid groups (broad SMARTS) is 1. The summed E-state index contributed by atoms with van der Waals surface area (Å²) in [5, 5.41) is 8.85. The standard InChI is InChI=1S/C24H20F3NO4/c1-14-8-15(2-4-19(14)25)9-17-12-28(22(29)6-7-23(30)31)13-18(24(17)32)10-16-3-5-20(26)21(27)11-16/h2-5,8-11H,6-7,12-13H2,1H3,(H,30,31)/b17-9+,18-10+. The largest absolute Gasteiger partial charge is 0.481 e. The molecule has 1 aliphatic rings. The first-order valence-corrected chi connectivity index (χ1v) is 9.80. The van der Waals surface area contributed by atoms with E-state index >= 15 is 0 Å². The van der Waals surface area contributed by atoms with Crippen LogP contribution in [0.2, 0.25) is 0 Å². The minimum absolute atomic E-state index is 0.0527. The van der Waals surface area contributed by atoms with Crippen molar-refractivity contribution < 1.29 is 32.7 Å². The van der Waals surface area contributed by atoms with Crippen LogP contribution in [0.3, 0.4) is 0 Å². The van der Waals surface area contributed by atoms with Crippen molar-refractivity contribution in [2.45, 2.75) is 19.8 Å². The monoisotopic (exact) mass is 443 g/mol. The van der Waals surface area contributed by atoms with E-state index in [1.165, 1.54) is 35.3 Å². The number of halogens is 3. The summed E-state index contributed by atoms with van der Waals surface area (Å²) >= 11 is 0. The molecule has 32 heavy (non-hydrogen) atoms. The Morgan fingerprint density at radius 2 is 1.47 bits per heavy atom. The van der Waals surface area contributed by atoms with Crippen LogP contribution in [-0.4, -0.2) is 40.8 Å². The van der Waals surface area contributed by atoms with E-state index in [9.17, 15) is 27.6 Å². The van der Waals surface area contributed by atoms with Crippen molar-refractivity contribution >= 4 is 29.8 Å². The molecule has 0 unspecified atom stereocenters. The highest BCUT2D eigenvalue weighted by molar-refractivity contribution is 6.15. The summed E-state index contributed by atoms with van der Waals surface area (Å²) in [4.78, 5) is 37.8. The molecule has 1 amide bonds. The smallest absolute Gasteiger partial charge is 0.303 e. The van der Waals surface area contributed by atoms with Gasteiger partial charge >= 0.3 is 5.97 Å². The topological polar surface area (TPSA) is 74.7 Å². The minimum Gasteiger partial charge on any atom is -0.481 e. The fraction of sp³-hybridized carbons (Fsp3) is 0.208. The fourth-order valence-corrected chi connectivity index (χ4v) is 3.35. The Balaban J connectivity index is 1.98. The highest BCUT2D eigenvalue weighted by Crippen LogP contribution is 2.24. The third-order valence-corrected chi connectivity index (χ3v) is 5.02. The van der Waals surface area contributed by atoms with Gasteiger partial charge in [0, 0.05) is 30.7 Å². The summed E-state index contributed by atoms with van der Waals surface area (Å²) in [6.07, 6.45) is 2.29. The maximum Gasteiger partial charge on any atom is 0.303 e. The van der Waals surface area contributed by atoms with Gasteiger partial charge in [-0.15, -0.1) is 0 Å².